The molecule has 3 heteroatoms. The monoisotopic (exact) mass is 228 g/mol. The summed E-state index contributed by atoms with van der Waals surface area (Å²) in [7, 11) is 1.72. The molecule has 0 aliphatic heterocycles. The zero-order valence-electron chi connectivity index (χ0n) is 9.15. The Morgan fingerprint density at radius 1 is 1.14 bits per heavy atom. The fraction of sp³-hybridized carbons (Fsp3) is 0.455. The summed E-state index contributed by atoms with van der Waals surface area (Å²) in [4.78, 5) is 0. The van der Waals surface area contributed by atoms with E-state index in [2.05, 4.69) is 32.9 Å². The van der Waals surface area contributed by atoms with E-state index in [4.69, 9.17) is 16.3 Å². The predicted molar refractivity (Wildman–Crippen MR) is 67.1 cm³/mol. The van der Waals surface area contributed by atoms with Gasteiger partial charge in [0, 0.05) is 17.6 Å². The average molecular weight is 228 g/mol. The van der Waals surface area contributed by atoms with E-state index in [0.717, 1.165) is 5.30 Å². The second kappa shape index (κ2) is 4.14. The van der Waals surface area contributed by atoms with Crippen molar-refractivity contribution in [3.63, 3.8) is 0 Å². The van der Waals surface area contributed by atoms with Crippen LogP contribution in [0.2, 0.25) is 0 Å². The zero-order valence-corrected chi connectivity index (χ0v) is 10.9. The summed E-state index contributed by atoms with van der Waals surface area (Å²) in [6.45, 7) is 6.43. The van der Waals surface area contributed by atoms with E-state index in [0.29, 0.717) is 0 Å². The van der Waals surface area contributed by atoms with E-state index in [9.17, 15) is 0 Å². The van der Waals surface area contributed by atoms with Crippen LogP contribution >= 0.6 is 6.26 Å². The molecule has 0 bridgehead atoms. The van der Waals surface area contributed by atoms with Crippen molar-refractivity contribution in [2.75, 3.05) is 7.11 Å². The molecule has 0 radical (unpaired) electrons. The Morgan fingerprint density at radius 2 is 1.64 bits per heavy atom. The van der Waals surface area contributed by atoms with Gasteiger partial charge in [0.05, 0.1) is 6.26 Å². The van der Waals surface area contributed by atoms with Gasteiger partial charge in [-0.25, -0.2) is 0 Å². The van der Waals surface area contributed by atoms with Crippen LogP contribution in [0.5, 0.6) is 0 Å². The second-order valence-corrected chi connectivity index (χ2v) is 9.11. The lowest BCUT2D eigenvalue weighted by Crippen LogP contribution is -2.23. The summed E-state index contributed by atoms with van der Waals surface area (Å²) in [5, 5.41) is 1.17. The van der Waals surface area contributed by atoms with Crippen molar-refractivity contribution in [3.05, 3.63) is 30.3 Å². The molecule has 1 rings (SSSR count). The maximum Gasteiger partial charge on any atom is 0.0993 e. The molecule has 1 nitrogen and oxygen atoms in total. The van der Waals surface area contributed by atoms with Gasteiger partial charge in [0.15, 0.2) is 0 Å². The summed E-state index contributed by atoms with van der Waals surface area (Å²) in [5.74, 6) is 0. The van der Waals surface area contributed by atoms with E-state index in [1.165, 1.54) is 0 Å². The minimum absolute atomic E-state index is 0.0123. The third-order valence-electron chi connectivity index (χ3n) is 2.24. The fourth-order valence-corrected chi connectivity index (χ4v) is 3.85. The molecule has 0 aromatic heterocycles. The average Bonchev–Trinajstić information content (AvgIpc) is 2.16. The second-order valence-electron chi connectivity index (χ2n) is 4.24. The fourth-order valence-electron chi connectivity index (χ4n) is 1.39. The van der Waals surface area contributed by atoms with Gasteiger partial charge in [-0.2, -0.15) is 0 Å². The Hall–Kier alpha value is -0.170. The van der Waals surface area contributed by atoms with Crippen LogP contribution in [0.25, 0.3) is 0 Å². The molecule has 0 aliphatic rings. The lowest BCUT2D eigenvalue weighted by atomic mass is 10.3. The summed E-state index contributed by atoms with van der Waals surface area (Å²) in [6, 6.07) is 10.2. The topological polar surface area (TPSA) is 9.23 Å². The molecule has 0 aliphatic carbocycles. The van der Waals surface area contributed by atoms with E-state index in [1.807, 2.05) is 18.2 Å². The van der Waals surface area contributed by atoms with Crippen molar-refractivity contribution < 1.29 is 4.52 Å². The van der Waals surface area contributed by atoms with Crippen molar-refractivity contribution >= 4 is 23.4 Å². The van der Waals surface area contributed by atoms with Gasteiger partial charge in [0.1, 0.15) is 0 Å². The molecular formula is C11H17OPS. The first-order valence-electron chi connectivity index (χ1n) is 4.63. The molecule has 0 amide bonds. The molecular weight excluding hydrogens is 211 g/mol. The molecule has 0 N–H and O–H groups in total. The Bertz CT molecular complexity index is 340. The van der Waals surface area contributed by atoms with Gasteiger partial charge >= 0.3 is 0 Å². The van der Waals surface area contributed by atoms with Crippen LogP contribution in [0.4, 0.5) is 0 Å². The van der Waals surface area contributed by atoms with Crippen LogP contribution in [-0.2, 0) is 16.3 Å². The summed E-state index contributed by atoms with van der Waals surface area (Å²) in [5.41, 5.74) is 0. The maximum atomic E-state index is 5.70. The highest BCUT2D eigenvalue weighted by molar-refractivity contribution is 8.16. The minimum atomic E-state index is -1.90. The third kappa shape index (κ3) is 2.08. The zero-order chi connectivity index (χ0) is 10.8. The Kier molecular flexibility index (Phi) is 3.52. The molecule has 1 atom stereocenters. The Balaban J connectivity index is 3.23. The molecule has 0 saturated heterocycles. The van der Waals surface area contributed by atoms with E-state index < -0.39 is 6.26 Å². The van der Waals surface area contributed by atoms with E-state index in [1.54, 1.807) is 7.11 Å². The van der Waals surface area contributed by atoms with Crippen LogP contribution in [-0.4, -0.2) is 12.3 Å². The van der Waals surface area contributed by atoms with Crippen LogP contribution in [0, 0.1) is 0 Å². The van der Waals surface area contributed by atoms with Gasteiger partial charge in [-0.1, -0.05) is 62.9 Å². The van der Waals surface area contributed by atoms with Gasteiger partial charge in [0.25, 0.3) is 0 Å². The molecule has 1 aromatic carbocycles. The number of hydrogen-bond donors (Lipinski definition) is 0. The molecule has 1 aromatic rings. The Labute approximate surface area is 91.6 Å². The van der Waals surface area contributed by atoms with Gasteiger partial charge < -0.3 is 4.52 Å². The molecule has 78 valence electrons. The standard InChI is InChI=1S/C11H17OPS/c1-11(2,3)13(14,12-4)10-8-6-5-7-9-10/h5-9H,1-4H3. The summed E-state index contributed by atoms with van der Waals surface area (Å²) < 4.78 is 5.61. The van der Waals surface area contributed by atoms with Gasteiger partial charge in [0.2, 0.25) is 0 Å². The summed E-state index contributed by atoms with van der Waals surface area (Å²) >= 11 is 5.70. The quantitative estimate of drug-likeness (QED) is 0.719. The van der Waals surface area contributed by atoms with Crippen molar-refractivity contribution in [2.24, 2.45) is 0 Å². The third-order valence-corrected chi connectivity index (χ3v) is 8.22. The molecule has 1 unspecified atom stereocenters. The summed E-state index contributed by atoms with van der Waals surface area (Å²) in [6.07, 6.45) is -1.90. The van der Waals surface area contributed by atoms with Crippen molar-refractivity contribution in [3.8, 4) is 0 Å². The smallest absolute Gasteiger partial charge is 0.0993 e. The van der Waals surface area contributed by atoms with Gasteiger partial charge in [-0.15, -0.1) is 0 Å². The maximum absolute atomic E-state index is 5.70. The van der Waals surface area contributed by atoms with E-state index in [-0.39, 0.29) is 5.16 Å². The van der Waals surface area contributed by atoms with Crippen LogP contribution in [0.1, 0.15) is 20.8 Å². The molecule has 0 spiro atoms. The normalized spacial score (nSPS) is 16.3. The highest BCUT2D eigenvalue weighted by Crippen LogP contribution is 2.57. The highest BCUT2D eigenvalue weighted by atomic mass is 32.4. The molecule has 0 saturated carbocycles. The molecule has 0 fully saturated rings. The number of rotatable bonds is 2. The molecule has 0 heterocycles. The van der Waals surface area contributed by atoms with Crippen molar-refractivity contribution in [1.29, 1.82) is 0 Å². The predicted octanol–water partition coefficient (Wildman–Crippen LogP) is 3.15. The largest absolute Gasteiger partial charge is 0.349 e. The Morgan fingerprint density at radius 3 is 2.00 bits per heavy atom. The van der Waals surface area contributed by atoms with Crippen LogP contribution < -0.4 is 5.30 Å². The highest BCUT2D eigenvalue weighted by Gasteiger charge is 2.33. The number of benzene rings is 1. The van der Waals surface area contributed by atoms with Gasteiger partial charge in [-0.05, 0) is 0 Å². The first kappa shape index (κ1) is 11.9. The van der Waals surface area contributed by atoms with Crippen molar-refractivity contribution in [2.45, 2.75) is 25.9 Å². The van der Waals surface area contributed by atoms with Gasteiger partial charge in [-0.3, -0.25) is 0 Å². The van der Waals surface area contributed by atoms with Crippen molar-refractivity contribution in [1.82, 2.24) is 0 Å². The first-order chi connectivity index (χ1) is 6.42. The minimum Gasteiger partial charge on any atom is -0.349 e. The van der Waals surface area contributed by atoms with E-state index >= 15 is 0 Å². The molecule has 14 heavy (non-hydrogen) atoms. The van der Waals surface area contributed by atoms with Crippen LogP contribution in [0.3, 0.4) is 0 Å². The lowest BCUT2D eigenvalue weighted by Gasteiger charge is -2.33. The SMILES string of the molecule is COP(=S)(c1ccccc1)C(C)(C)C. The lowest BCUT2D eigenvalue weighted by molar-refractivity contribution is 0.446. The first-order valence-corrected chi connectivity index (χ1v) is 7.35. The number of hydrogen-bond acceptors (Lipinski definition) is 2. The van der Waals surface area contributed by atoms with Crippen LogP contribution in [0.15, 0.2) is 30.3 Å².